The van der Waals surface area contributed by atoms with Gasteiger partial charge in [0.15, 0.2) is 0 Å². The lowest BCUT2D eigenvalue weighted by molar-refractivity contribution is -0.136. The number of thioether (sulfide) groups is 1. The largest absolute Gasteiger partial charge is 0.479 e. The maximum Gasteiger partial charge on any atom is 0.330 e. The Morgan fingerprint density at radius 2 is 2.44 bits per heavy atom. The molecule has 1 unspecified atom stereocenters. The Morgan fingerprint density at radius 1 is 1.89 bits per heavy atom. The lowest BCUT2D eigenvalue weighted by Gasteiger charge is -2.02. The molecule has 0 aliphatic carbocycles. The van der Waals surface area contributed by atoms with Gasteiger partial charge < -0.3 is 10.8 Å². The normalized spacial score (nSPS) is 13.1. The minimum absolute atomic E-state index is 0.745. The van der Waals surface area contributed by atoms with Gasteiger partial charge in [0.05, 0.1) is 0 Å². The minimum Gasteiger partial charge on any atom is -0.479 e. The summed E-state index contributed by atoms with van der Waals surface area (Å²) in [6.07, 6.45) is 0.964. The van der Waals surface area contributed by atoms with Crippen molar-refractivity contribution in [1.82, 2.24) is 0 Å². The van der Waals surface area contributed by atoms with E-state index >= 15 is 0 Å². The summed E-state index contributed by atoms with van der Waals surface area (Å²) in [6, 6.07) is 0. The van der Waals surface area contributed by atoms with E-state index in [1.807, 2.05) is 6.92 Å². The van der Waals surface area contributed by atoms with E-state index in [1.165, 1.54) is 11.8 Å². The summed E-state index contributed by atoms with van der Waals surface area (Å²) in [6.45, 7) is 1.99. The molecule has 0 aromatic carbocycles. The van der Waals surface area contributed by atoms with Gasteiger partial charge in [-0.15, -0.1) is 11.8 Å². The molecule has 54 valence electrons. The SMILES string of the molecule is CCCSC(N)C(=O)O. The van der Waals surface area contributed by atoms with Gasteiger partial charge in [-0.1, -0.05) is 6.92 Å². The lowest BCUT2D eigenvalue weighted by Crippen LogP contribution is -2.26. The molecule has 0 aromatic heterocycles. The van der Waals surface area contributed by atoms with Crippen molar-refractivity contribution in [1.29, 1.82) is 0 Å². The van der Waals surface area contributed by atoms with E-state index in [-0.39, 0.29) is 0 Å². The van der Waals surface area contributed by atoms with Crippen LogP contribution < -0.4 is 5.73 Å². The molecule has 0 heterocycles. The van der Waals surface area contributed by atoms with Gasteiger partial charge in [0.25, 0.3) is 0 Å². The summed E-state index contributed by atoms with van der Waals surface area (Å²) >= 11 is 1.26. The van der Waals surface area contributed by atoms with E-state index in [9.17, 15) is 4.79 Å². The smallest absolute Gasteiger partial charge is 0.330 e. The Labute approximate surface area is 58.6 Å². The number of nitrogens with two attached hydrogens (primary N) is 1. The van der Waals surface area contributed by atoms with Gasteiger partial charge in [0, 0.05) is 0 Å². The quantitative estimate of drug-likeness (QED) is 0.571. The average molecular weight is 149 g/mol. The number of carboxylic acids is 1. The molecule has 0 rings (SSSR count). The van der Waals surface area contributed by atoms with Crippen molar-refractivity contribution in [3.63, 3.8) is 0 Å². The van der Waals surface area contributed by atoms with Gasteiger partial charge in [0.2, 0.25) is 0 Å². The van der Waals surface area contributed by atoms with Crippen LogP contribution in [0.4, 0.5) is 0 Å². The zero-order chi connectivity index (χ0) is 7.28. The van der Waals surface area contributed by atoms with E-state index in [0.29, 0.717) is 0 Å². The number of aliphatic carboxylic acids is 1. The summed E-state index contributed by atoms with van der Waals surface area (Å²) < 4.78 is 0. The second-order valence-corrected chi connectivity index (χ2v) is 2.88. The van der Waals surface area contributed by atoms with Gasteiger partial charge in [-0.05, 0) is 12.2 Å². The maximum absolute atomic E-state index is 10.1. The van der Waals surface area contributed by atoms with Crippen molar-refractivity contribution in [2.24, 2.45) is 5.73 Å². The maximum atomic E-state index is 10.1. The molecule has 0 radical (unpaired) electrons. The van der Waals surface area contributed by atoms with Crippen LogP contribution in [0.1, 0.15) is 13.3 Å². The molecule has 3 N–H and O–H groups in total. The highest BCUT2D eigenvalue weighted by atomic mass is 32.2. The highest BCUT2D eigenvalue weighted by Crippen LogP contribution is 2.05. The summed E-state index contributed by atoms with van der Waals surface area (Å²) in [5.41, 5.74) is 5.17. The molecule has 4 heteroatoms. The van der Waals surface area contributed by atoms with Crippen LogP contribution in [0.2, 0.25) is 0 Å². The standard InChI is InChI=1S/C5H11NO2S/c1-2-3-9-4(6)5(7)8/h4H,2-3,6H2,1H3,(H,7,8). The highest BCUT2D eigenvalue weighted by Gasteiger charge is 2.09. The van der Waals surface area contributed by atoms with Crippen molar-refractivity contribution < 1.29 is 9.90 Å². The van der Waals surface area contributed by atoms with Crippen LogP contribution in [0.3, 0.4) is 0 Å². The first kappa shape index (κ1) is 8.78. The predicted octanol–water partition coefficient (Wildman–Crippen LogP) is 0.499. The van der Waals surface area contributed by atoms with Crippen LogP contribution in [-0.2, 0) is 4.79 Å². The zero-order valence-corrected chi connectivity index (χ0v) is 6.15. The topological polar surface area (TPSA) is 63.3 Å². The molecule has 0 aliphatic heterocycles. The number of carbonyl (C=O) groups is 1. The molecule has 0 aliphatic rings. The van der Waals surface area contributed by atoms with Crippen molar-refractivity contribution in [2.45, 2.75) is 18.7 Å². The number of hydrogen-bond donors (Lipinski definition) is 2. The van der Waals surface area contributed by atoms with E-state index in [4.69, 9.17) is 10.8 Å². The van der Waals surface area contributed by atoms with Crippen LogP contribution in [0.15, 0.2) is 0 Å². The molecule has 0 aromatic rings. The van der Waals surface area contributed by atoms with Crippen LogP contribution >= 0.6 is 11.8 Å². The first-order valence-electron chi connectivity index (χ1n) is 2.78. The molecule has 0 fully saturated rings. The third kappa shape index (κ3) is 4.29. The zero-order valence-electron chi connectivity index (χ0n) is 5.33. The van der Waals surface area contributed by atoms with E-state index in [0.717, 1.165) is 12.2 Å². The summed E-state index contributed by atoms with van der Waals surface area (Å²) in [5.74, 6) is -0.124. The fourth-order valence-corrected chi connectivity index (χ4v) is 0.948. The third-order valence-electron chi connectivity index (χ3n) is 0.745. The number of carboxylic acid groups (broad SMARTS) is 1. The molecule has 9 heavy (non-hydrogen) atoms. The second-order valence-electron chi connectivity index (χ2n) is 1.63. The molecule has 0 spiro atoms. The fraction of sp³-hybridized carbons (Fsp3) is 0.800. The first-order valence-corrected chi connectivity index (χ1v) is 3.83. The Morgan fingerprint density at radius 3 is 2.78 bits per heavy atom. The molecular formula is C5H11NO2S. The Bertz CT molecular complexity index is 97.0. The Hall–Kier alpha value is -0.220. The molecule has 0 amide bonds. The van der Waals surface area contributed by atoms with E-state index in [2.05, 4.69) is 0 Å². The van der Waals surface area contributed by atoms with Crippen molar-refractivity contribution in [2.75, 3.05) is 5.75 Å². The van der Waals surface area contributed by atoms with Gasteiger partial charge in [-0.3, -0.25) is 0 Å². The van der Waals surface area contributed by atoms with E-state index < -0.39 is 11.3 Å². The molecule has 3 nitrogen and oxygen atoms in total. The molecule has 0 saturated heterocycles. The third-order valence-corrected chi connectivity index (χ3v) is 1.95. The van der Waals surface area contributed by atoms with Crippen LogP contribution in [-0.4, -0.2) is 22.2 Å². The Balaban J connectivity index is 3.27. The molecule has 0 bridgehead atoms. The molecule has 1 atom stereocenters. The van der Waals surface area contributed by atoms with E-state index in [1.54, 1.807) is 0 Å². The van der Waals surface area contributed by atoms with Gasteiger partial charge >= 0.3 is 5.97 Å². The molecule has 0 saturated carbocycles. The second kappa shape index (κ2) is 4.64. The van der Waals surface area contributed by atoms with Crippen molar-refractivity contribution in [3.8, 4) is 0 Å². The minimum atomic E-state index is -0.937. The lowest BCUT2D eigenvalue weighted by atomic mass is 10.6. The Kier molecular flexibility index (Phi) is 4.53. The summed E-state index contributed by atoms with van der Waals surface area (Å²) in [5, 5.41) is 7.52. The van der Waals surface area contributed by atoms with Crippen molar-refractivity contribution in [3.05, 3.63) is 0 Å². The fourth-order valence-electron chi connectivity index (χ4n) is 0.316. The highest BCUT2D eigenvalue weighted by molar-refractivity contribution is 8.00. The summed E-state index contributed by atoms with van der Waals surface area (Å²) in [7, 11) is 0. The van der Waals surface area contributed by atoms with Crippen LogP contribution in [0.5, 0.6) is 0 Å². The first-order chi connectivity index (χ1) is 4.18. The van der Waals surface area contributed by atoms with Crippen LogP contribution in [0.25, 0.3) is 0 Å². The van der Waals surface area contributed by atoms with Gasteiger partial charge in [-0.2, -0.15) is 0 Å². The van der Waals surface area contributed by atoms with Crippen LogP contribution in [0, 0.1) is 0 Å². The van der Waals surface area contributed by atoms with Gasteiger partial charge in [-0.25, -0.2) is 4.79 Å². The number of rotatable bonds is 4. The average Bonchev–Trinajstić information content (AvgIpc) is 1.82. The summed E-state index contributed by atoms with van der Waals surface area (Å²) in [4.78, 5) is 10.1. The molecular weight excluding hydrogens is 138 g/mol. The monoisotopic (exact) mass is 149 g/mol. The predicted molar refractivity (Wildman–Crippen MR) is 38.4 cm³/mol. The number of hydrogen-bond acceptors (Lipinski definition) is 3. The van der Waals surface area contributed by atoms with Gasteiger partial charge in [0.1, 0.15) is 5.37 Å². The van der Waals surface area contributed by atoms with Crippen molar-refractivity contribution >= 4 is 17.7 Å².